The van der Waals surface area contributed by atoms with E-state index in [1.165, 1.54) is 0 Å². The number of nitrogens with zero attached hydrogens (tertiary/aromatic N) is 1. The second kappa shape index (κ2) is 9.89. The standard InChI is InChI=1S/C23H31N3O4/c1-4-12-24-21(27)17(14-15(2)3)25-22(28)18-11-8-13-26(18)23(29)20-19(30-20)16-9-6-5-7-10-16/h4-7,9-10,15,17-20H,1,8,11-14H2,2-3H3,(H,24,27)(H,25,28)/t17-,18+,19-,20-/m0/s1. The molecular weight excluding hydrogens is 382 g/mol. The summed E-state index contributed by atoms with van der Waals surface area (Å²) in [5, 5.41) is 5.61. The van der Waals surface area contributed by atoms with Crippen LogP contribution in [0.15, 0.2) is 43.0 Å². The molecule has 0 bridgehead atoms. The molecule has 7 nitrogen and oxygen atoms in total. The first kappa shape index (κ1) is 22.0. The Balaban J connectivity index is 1.62. The van der Waals surface area contributed by atoms with Crippen LogP contribution in [0, 0.1) is 5.92 Å². The number of benzene rings is 1. The lowest BCUT2D eigenvalue weighted by molar-refractivity contribution is -0.140. The zero-order valence-corrected chi connectivity index (χ0v) is 17.7. The van der Waals surface area contributed by atoms with Gasteiger partial charge in [0.1, 0.15) is 18.2 Å². The summed E-state index contributed by atoms with van der Waals surface area (Å²) >= 11 is 0. The summed E-state index contributed by atoms with van der Waals surface area (Å²) in [4.78, 5) is 40.0. The van der Waals surface area contributed by atoms with Gasteiger partial charge in [0, 0.05) is 13.1 Å². The third-order valence-corrected chi connectivity index (χ3v) is 5.46. The first-order valence-electron chi connectivity index (χ1n) is 10.6. The molecule has 0 saturated carbocycles. The van der Waals surface area contributed by atoms with Crippen molar-refractivity contribution in [2.45, 2.75) is 57.4 Å². The summed E-state index contributed by atoms with van der Waals surface area (Å²) < 4.78 is 5.63. The molecule has 3 amide bonds. The highest BCUT2D eigenvalue weighted by Crippen LogP contribution is 2.40. The van der Waals surface area contributed by atoms with Crippen LogP contribution in [-0.2, 0) is 19.1 Å². The number of amides is 3. The predicted molar refractivity (Wildman–Crippen MR) is 113 cm³/mol. The average molecular weight is 414 g/mol. The molecule has 3 rings (SSSR count). The maximum atomic E-state index is 13.0. The Morgan fingerprint density at radius 3 is 2.67 bits per heavy atom. The Labute approximate surface area is 177 Å². The molecule has 0 aliphatic carbocycles. The first-order chi connectivity index (χ1) is 14.4. The van der Waals surface area contributed by atoms with E-state index in [4.69, 9.17) is 4.74 Å². The molecule has 2 fully saturated rings. The number of carbonyl (C=O) groups is 3. The van der Waals surface area contributed by atoms with Gasteiger partial charge in [-0.1, -0.05) is 50.3 Å². The molecule has 2 N–H and O–H groups in total. The third-order valence-electron chi connectivity index (χ3n) is 5.46. The lowest BCUT2D eigenvalue weighted by Gasteiger charge is -2.26. The van der Waals surface area contributed by atoms with Gasteiger partial charge in [-0.2, -0.15) is 0 Å². The molecule has 2 aliphatic heterocycles. The van der Waals surface area contributed by atoms with Crippen LogP contribution in [0.3, 0.4) is 0 Å². The van der Waals surface area contributed by atoms with Crippen LogP contribution >= 0.6 is 0 Å². The third kappa shape index (κ3) is 5.27. The molecule has 1 aromatic rings. The van der Waals surface area contributed by atoms with Crippen molar-refractivity contribution in [2.24, 2.45) is 5.92 Å². The second-order valence-electron chi connectivity index (χ2n) is 8.30. The van der Waals surface area contributed by atoms with E-state index in [-0.39, 0.29) is 29.7 Å². The van der Waals surface area contributed by atoms with Crippen molar-refractivity contribution in [1.29, 1.82) is 0 Å². The Morgan fingerprint density at radius 2 is 2.00 bits per heavy atom. The molecule has 2 saturated heterocycles. The molecule has 2 aliphatic rings. The van der Waals surface area contributed by atoms with Crippen LogP contribution in [0.25, 0.3) is 0 Å². The highest BCUT2D eigenvalue weighted by molar-refractivity contribution is 5.94. The Kier molecular flexibility index (Phi) is 7.26. The van der Waals surface area contributed by atoms with Crippen molar-refractivity contribution >= 4 is 17.7 Å². The summed E-state index contributed by atoms with van der Waals surface area (Å²) in [7, 11) is 0. The van der Waals surface area contributed by atoms with Crippen molar-refractivity contribution in [2.75, 3.05) is 13.1 Å². The minimum absolute atomic E-state index is 0.155. The Bertz CT molecular complexity index is 780. The average Bonchev–Trinajstić information content (AvgIpc) is 3.38. The first-order valence-corrected chi connectivity index (χ1v) is 10.6. The molecule has 0 radical (unpaired) electrons. The smallest absolute Gasteiger partial charge is 0.255 e. The van der Waals surface area contributed by atoms with Gasteiger partial charge in [-0.3, -0.25) is 14.4 Å². The van der Waals surface area contributed by atoms with Crippen LogP contribution in [0.2, 0.25) is 0 Å². The van der Waals surface area contributed by atoms with Gasteiger partial charge in [0.05, 0.1) is 0 Å². The molecule has 162 valence electrons. The largest absolute Gasteiger partial charge is 0.354 e. The van der Waals surface area contributed by atoms with E-state index in [1.807, 2.05) is 44.2 Å². The summed E-state index contributed by atoms with van der Waals surface area (Å²) in [5.41, 5.74) is 0.965. The van der Waals surface area contributed by atoms with Gasteiger partial charge in [0.25, 0.3) is 5.91 Å². The van der Waals surface area contributed by atoms with Crippen LogP contribution in [0.5, 0.6) is 0 Å². The highest BCUT2D eigenvalue weighted by atomic mass is 16.6. The van der Waals surface area contributed by atoms with E-state index in [0.29, 0.717) is 25.9 Å². The molecule has 4 atom stereocenters. The van der Waals surface area contributed by atoms with Crippen molar-refractivity contribution < 1.29 is 19.1 Å². The highest BCUT2D eigenvalue weighted by Gasteiger charge is 2.50. The lowest BCUT2D eigenvalue weighted by atomic mass is 10.0. The number of carbonyl (C=O) groups excluding carboxylic acids is 3. The maximum Gasteiger partial charge on any atom is 0.255 e. The summed E-state index contributed by atoms with van der Waals surface area (Å²) in [6.07, 6.45) is 2.68. The van der Waals surface area contributed by atoms with E-state index < -0.39 is 18.2 Å². The minimum atomic E-state index is -0.635. The summed E-state index contributed by atoms with van der Waals surface area (Å²) in [5.74, 6) is -0.435. The Hall–Kier alpha value is -2.67. The van der Waals surface area contributed by atoms with Gasteiger partial charge in [-0.25, -0.2) is 0 Å². The van der Waals surface area contributed by atoms with Crippen molar-refractivity contribution in [1.82, 2.24) is 15.5 Å². The predicted octanol–water partition coefficient (Wildman–Crippen LogP) is 1.95. The molecule has 0 aromatic heterocycles. The van der Waals surface area contributed by atoms with Crippen molar-refractivity contribution in [3.8, 4) is 0 Å². The SMILES string of the molecule is C=CCNC(=O)[C@H](CC(C)C)NC(=O)[C@H]1CCCN1C(=O)[C@H]1O[C@H]1c1ccccc1. The van der Waals surface area contributed by atoms with E-state index in [2.05, 4.69) is 17.2 Å². The zero-order chi connectivity index (χ0) is 21.7. The number of hydrogen-bond acceptors (Lipinski definition) is 4. The van der Waals surface area contributed by atoms with Crippen LogP contribution in [-0.4, -0.2) is 53.9 Å². The van der Waals surface area contributed by atoms with Gasteiger partial charge < -0.3 is 20.3 Å². The van der Waals surface area contributed by atoms with Gasteiger partial charge in [-0.15, -0.1) is 6.58 Å². The topological polar surface area (TPSA) is 91.0 Å². The molecule has 2 heterocycles. The van der Waals surface area contributed by atoms with E-state index in [1.54, 1.807) is 11.0 Å². The van der Waals surface area contributed by atoms with Gasteiger partial charge in [0.2, 0.25) is 11.8 Å². The minimum Gasteiger partial charge on any atom is -0.354 e. The fourth-order valence-corrected chi connectivity index (χ4v) is 3.93. The molecule has 0 spiro atoms. The molecule has 30 heavy (non-hydrogen) atoms. The van der Waals surface area contributed by atoms with Crippen molar-refractivity contribution in [3.05, 3.63) is 48.6 Å². The number of likely N-dealkylation sites (tertiary alicyclic amines) is 1. The summed E-state index contributed by atoms with van der Waals surface area (Å²) in [6, 6.07) is 8.41. The number of nitrogens with one attached hydrogen (secondary N) is 2. The number of rotatable bonds is 9. The van der Waals surface area contributed by atoms with E-state index in [0.717, 1.165) is 12.0 Å². The zero-order valence-electron chi connectivity index (χ0n) is 17.7. The second-order valence-corrected chi connectivity index (χ2v) is 8.30. The molecule has 7 heteroatoms. The van der Waals surface area contributed by atoms with E-state index in [9.17, 15) is 14.4 Å². The maximum absolute atomic E-state index is 13.0. The Morgan fingerprint density at radius 1 is 1.27 bits per heavy atom. The number of ether oxygens (including phenoxy) is 1. The summed E-state index contributed by atoms with van der Waals surface area (Å²) in [6.45, 7) is 8.47. The molecule has 1 aromatic carbocycles. The number of hydrogen-bond donors (Lipinski definition) is 2. The monoisotopic (exact) mass is 413 g/mol. The van der Waals surface area contributed by atoms with Gasteiger partial charge in [-0.05, 0) is 30.7 Å². The van der Waals surface area contributed by atoms with E-state index >= 15 is 0 Å². The quantitative estimate of drug-likeness (QED) is 0.478. The van der Waals surface area contributed by atoms with Gasteiger partial charge >= 0.3 is 0 Å². The lowest BCUT2D eigenvalue weighted by Crippen LogP contribution is -2.54. The van der Waals surface area contributed by atoms with Crippen LogP contribution in [0.4, 0.5) is 0 Å². The van der Waals surface area contributed by atoms with Crippen LogP contribution in [0.1, 0.15) is 44.8 Å². The van der Waals surface area contributed by atoms with Crippen molar-refractivity contribution in [3.63, 3.8) is 0 Å². The fraction of sp³-hybridized carbons (Fsp3) is 0.522. The number of epoxide rings is 1. The normalized spacial score (nSPS) is 23.7. The van der Waals surface area contributed by atoms with Gasteiger partial charge in [0.15, 0.2) is 6.10 Å². The van der Waals surface area contributed by atoms with Crippen LogP contribution < -0.4 is 10.6 Å². The molecule has 0 unspecified atom stereocenters. The fourth-order valence-electron chi connectivity index (χ4n) is 3.93. The molecular formula is C23H31N3O4.